The average Bonchev–Trinajstić information content (AvgIpc) is 2.33. The van der Waals surface area contributed by atoms with Gasteiger partial charge in [0.2, 0.25) is 5.91 Å². The van der Waals surface area contributed by atoms with Crippen molar-refractivity contribution in [1.82, 2.24) is 5.32 Å². The Labute approximate surface area is 83.7 Å². The lowest BCUT2D eigenvalue weighted by Gasteiger charge is -2.17. The molecule has 0 radical (unpaired) electrons. The van der Waals surface area contributed by atoms with Gasteiger partial charge in [-0.1, -0.05) is 18.2 Å². The second kappa shape index (κ2) is 3.42. The molecule has 14 heavy (non-hydrogen) atoms. The van der Waals surface area contributed by atoms with Gasteiger partial charge in [0.1, 0.15) is 0 Å². The third-order valence-electron chi connectivity index (χ3n) is 2.70. The van der Waals surface area contributed by atoms with Crippen molar-refractivity contribution in [2.24, 2.45) is 0 Å². The number of hydrogen-bond donors (Lipinski definition) is 1. The molecule has 1 heterocycles. The van der Waals surface area contributed by atoms with E-state index >= 15 is 0 Å². The Kier molecular flexibility index (Phi) is 2.25. The molecule has 3 heteroatoms. The maximum absolute atomic E-state index is 11.6. The molecule has 1 unspecified atom stereocenters. The third-order valence-corrected chi connectivity index (χ3v) is 2.70. The van der Waals surface area contributed by atoms with Gasteiger partial charge in [0.25, 0.3) is 0 Å². The average molecular weight is 190 g/mol. The molecule has 74 valence electrons. The molecule has 0 fully saturated rings. The van der Waals surface area contributed by atoms with Crippen molar-refractivity contribution in [1.29, 1.82) is 0 Å². The minimum atomic E-state index is 0.113. The Balaban J connectivity index is 2.51. The van der Waals surface area contributed by atoms with Crippen LogP contribution >= 0.6 is 0 Å². The molecule has 0 aromatic heterocycles. The van der Waals surface area contributed by atoms with Crippen LogP contribution in [-0.4, -0.2) is 19.5 Å². The Morgan fingerprint density at radius 3 is 2.93 bits per heavy atom. The number of carbonyl (C=O) groups excluding carboxylic acids is 1. The number of benzene rings is 1. The fourth-order valence-electron chi connectivity index (χ4n) is 1.76. The van der Waals surface area contributed by atoms with Gasteiger partial charge in [0.05, 0.1) is 6.54 Å². The normalized spacial score (nSPS) is 21.7. The van der Waals surface area contributed by atoms with Gasteiger partial charge in [-0.2, -0.15) is 0 Å². The smallest absolute Gasteiger partial charge is 0.240 e. The van der Waals surface area contributed by atoms with Crippen LogP contribution < -0.4 is 10.2 Å². The molecule has 1 aliphatic heterocycles. The molecule has 1 aliphatic rings. The van der Waals surface area contributed by atoms with Gasteiger partial charge in [-0.25, -0.2) is 0 Å². The van der Waals surface area contributed by atoms with E-state index < -0.39 is 0 Å². The Hall–Kier alpha value is -1.35. The first-order chi connectivity index (χ1) is 6.70. The number of carbonyl (C=O) groups is 1. The molecule has 1 N–H and O–H groups in total. The summed E-state index contributed by atoms with van der Waals surface area (Å²) in [5.41, 5.74) is 2.19. The van der Waals surface area contributed by atoms with Crippen LogP contribution in [0.4, 0.5) is 5.69 Å². The van der Waals surface area contributed by atoms with Crippen molar-refractivity contribution < 1.29 is 4.79 Å². The molecule has 0 spiro atoms. The highest BCUT2D eigenvalue weighted by Gasteiger charge is 2.21. The fraction of sp³-hybridized carbons (Fsp3) is 0.364. The van der Waals surface area contributed by atoms with Gasteiger partial charge in [-0.15, -0.1) is 0 Å². The zero-order valence-corrected chi connectivity index (χ0v) is 8.45. The first kappa shape index (κ1) is 9.21. The lowest BCUT2D eigenvalue weighted by molar-refractivity contribution is -0.117. The quantitative estimate of drug-likeness (QED) is 0.669. The molecule has 1 aromatic rings. The molecule has 0 bridgehead atoms. The van der Waals surface area contributed by atoms with E-state index in [1.807, 2.05) is 25.2 Å². The molecular weight excluding hydrogens is 176 g/mol. The molecule has 0 saturated heterocycles. The molecule has 3 nitrogen and oxygen atoms in total. The number of para-hydroxylation sites is 1. The molecule has 0 saturated carbocycles. The van der Waals surface area contributed by atoms with E-state index in [2.05, 4.69) is 18.3 Å². The Morgan fingerprint density at radius 1 is 1.43 bits per heavy atom. The minimum absolute atomic E-state index is 0.113. The number of fused-ring (bicyclic) bond motifs is 1. The SMILES string of the molecule is CC1NCC(=O)N(C)c2ccccc21. The van der Waals surface area contributed by atoms with Crippen molar-refractivity contribution in [2.45, 2.75) is 13.0 Å². The van der Waals surface area contributed by atoms with Crippen molar-refractivity contribution in [3.63, 3.8) is 0 Å². The summed E-state index contributed by atoms with van der Waals surface area (Å²) in [6.45, 7) is 2.48. The lowest BCUT2D eigenvalue weighted by Crippen LogP contribution is -2.32. The molecule has 1 amide bonds. The summed E-state index contributed by atoms with van der Waals surface area (Å²) >= 11 is 0. The number of nitrogens with zero attached hydrogens (tertiary/aromatic N) is 1. The first-order valence-corrected chi connectivity index (χ1v) is 4.79. The zero-order chi connectivity index (χ0) is 10.1. The van der Waals surface area contributed by atoms with Crippen LogP contribution in [0.15, 0.2) is 24.3 Å². The van der Waals surface area contributed by atoms with Crippen LogP contribution in [0.2, 0.25) is 0 Å². The van der Waals surface area contributed by atoms with E-state index in [1.54, 1.807) is 4.90 Å². The highest BCUT2D eigenvalue weighted by molar-refractivity contribution is 5.95. The van der Waals surface area contributed by atoms with Gasteiger partial charge in [-0.3, -0.25) is 4.79 Å². The van der Waals surface area contributed by atoms with Crippen LogP contribution in [0.3, 0.4) is 0 Å². The van der Waals surface area contributed by atoms with Crippen molar-refractivity contribution in [3.05, 3.63) is 29.8 Å². The maximum Gasteiger partial charge on any atom is 0.240 e. The van der Waals surface area contributed by atoms with Gasteiger partial charge >= 0.3 is 0 Å². The first-order valence-electron chi connectivity index (χ1n) is 4.79. The van der Waals surface area contributed by atoms with Gasteiger partial charge in [0, 0.05) is 18.8 Å². The van der Waals surface area contributed by atoms with Crippen LogP contribution in [0.25, 0.3) is 0 Å². The Bertz CT molecular complexity index is 362. The van der Waals surface area contributed by atoms with Crippen LogP contribution in [0, 0.1) is 0 Å². The maximum atomic E-state index is 11.6. The highest BCUT2D eigenvalue weighted by atomic mass is 16.2. The predicted octanol–water partition coefficient (Wildman–Crippen LogP) is 1.31. The van der Waals surface area contributed by atoms with E-state index in [4.69, 9.17) is 0 Å². The molecule has 1 atom stereocenters. The zero-order valence-electron chi connectivity index (χ0n) is 8.45. The van der Waals surface area contributed by atoms with Gasteiger partial charge in [-0.05, 0) is 18.6 Å². The topological polar surface area (TPSA) is 32.3 Å². The number of nitrogens with one attached hydrogen (secondary N) is 1. The number of likely N-dealkylation sites (N-methyl/N-ethyl adjacent to an activating group) is 1. The molecule has 2 rings (SSSR count). The molecule has 1 aromatic carbocycles. The summed E-state index contributed by atoms with van der Waals surface area (Å²) in [5.74, 6) is 0.113. The van der Waals surface area contributed by atoms with Crippen molar-refractivity contribution in [3.8, 4) is 0 Å². The van der Waals surface area contributed by atoms with Crippen LogP contribution in [0.1, 0.15) is 18.5 Å². The van der Waals surface area contributed by atoms with E-state index in [0.29, 0.717) is 6.54 Å². The molecular formula is C11H14N2O. The number of rotatable bonds is 0. The summed E-state index contributed by atoms with van der Waals surface area (Å²) in [6, 6.07) is 8.24. The van der Waals surface area contributed by atoms with Crippen molar-refractivity contribution >= 4 is 11.6 Å². The summed E-state index contributed by atoms with van der Waals surface area (Å²) in [5, 5.41) is 3.19. The monoisotopic (exact) mass is 190 g/mol. The number of hydrogen-bond acceptors (Lipinski definition) is 2. The third kappa shape index (κ3) is 1.40. The van der Waals surface area contributed by atoms with Gasteiger partial charge in [0.15, 0.2) is 0 Å². The molecule has 0 aliphatic carbocycles. The van der Waals surface area contributed by atoms with E-state index in [-0.39, 0.29) is 11.9 Å². The second-order valence-electron chi connectivity index (χ2n) is 3.61. The minimum Gasteiger partial charge on any atom is -0.314 e. The summed E-state index contributed by atoms with van der Waals surface area (Å²) in [4.78, 5) is 13.3. The lowest BCUT2D eigenvalue weighted by atomic mass is 10.1. The van der Waals surface area contributed by atoms with Crippen LogP contribution in [0.5, 0.6) is 0 Å². The standard InChI is InChI=1S/C11H14N2O/c1-8-9-5-3-4-6-10(9)13(2)11(14)7-12-8/h3-6,8,12H,7H2,1-2H3. The second-order valence-corrected chi connectivity index (χ2v) is 3.61. The van der Waals surface area contributed by atoms with Crippen LogP contribution in [-0.2, 0) is 4.79 Å². The van der Waals surface area contributed by atoms with E-state index in [9.17, 15) is 4.79 Å². The summed E-state index contributed by atoms with van der Waals surface area (Å²) in [6.07, 6.45) is 0. The fourth-order valence-corrected chi connectivity index (χ4v) is 1.76. The summed E-state index contributed by atoms with van der Waals surface area (Å²) < 4.78 is 0. The summed E-state index contributed by atoms with van der Waals surface area (Å²) in [7, 11) is 1.82. The Morgan fingerprint density at radius 2 is 2.14 bits per heavy atom. The van der Waals surface area contributed by atoms with E-state index in [1.165, 1.54) is 5.56 Å². The number of amides is 1. The van der Waals surface area contributed by atoms with Gasteiger partial charge < -0.3 is 10.2 Å². The highest BCUT2D eigenvalue weighted by Crippen LogP contribution is 2.27. The number of anilines is 1. The van der Waals surface area contributed by atoms with E-state index in [0.717, 1.165) is 5.69 Å². The predicted molar refractivity (Wildman–Crippen MR) is 56.3 cm³/mol. The van der Waals surface area contributed by atoms with Crippen molar-refractivity contribution in [2.75, 3.05) is 18.5 Å². The largest absolute Gasteiger partial charge is 0.314 e.